The third-order valence-electron chi connectivity index (χ3n) is 2.92. The number of carbonyl (C=O) groups is 1. The summed E-state index contributed by atoms with van der Waals surface area (Å²) in [6.45, 7) is 1.38. The van der Waals surface area contributed by atoms with Gasteiger partial charge in [-0.2, -0.15) is 0 Å². The minimum atomic E-state index is 0.0778. The summed E-state index contributed by atoms with van der Waals surface area (Å²) in [6, 6.07) is 5.74. The van der Waals surface area contributed by atoms with E-state index in [4.69, 9.17) is 16.3 Å². The van der Waals surface area contributed by atoms with E-state index in [9.17, 15) is 4.79 Å². The van der Waals surface area contributed by atoms with Crippen LogP contribution in [0.25, 0.3) is 0 Å². The van der Waals surface area contributed by atoms with Gasteiger partial charge in [0, 0.05) is 25.0 Å². The third kappa shape index (κ3) is 2.72. The lowest BCUT2D eigenvalue weighted by Gasteiger charge is -2.25. The van der Waals surface area contributed by atoms with Crippen molar-refractivity contribution in [3.63, 3.8) is 0 Å². The van der Waals surface area contributed by atoms with Gasteiger partial charge < -0.3 is 9.64 Å². The molecule has 1 aromatic rings. The predicted octanol–water partition coefficient (Wildman–Crippen LogP) is 2.32. The van der Waals surface area contributed by atoms with Gasteiger partial charge in [0.05, 0.1) is 6.61 Å². The smallest absolute Gasteiger partial charge is 0.254 e. The second-order valence-electron chi connectivity index (χ2n) is 4.19. The van der Waals surface area contributed by atoms with E-state index >= 15 is 0 Å². The number of likely N-dealkylation sites (N-methyl/N-ethyl adjacent to an activating group) is 1. The van der Waals surface area contributed by atoms with Crippen LogP contribution in [0, 0.1) is 0 Å². The highest BCUT2D eigenvalue weighted by Crippen LogP contribution is 2.23. The molecular formula is C13H16ClNO2. The van der Waals surface area contributed by atoms with Crippen molar-refractivity contribution >= 4 is 17.5 Å². The normalized spacial score (nSPS) is 14.7. The van der Waals surface area contributed by atoms with Gasteiger partial charge in [-0.3, -0.25) is 4.79 Å². The lowest BCUT2D eigenvalue weighted by Crippen LogP contribution is -2.34. The number of amides is 1. The largest absolute Gasteiger partial charge is 0.494 e. The summed E-state index contributed by atoms with van der Waals surface area (Å²) in [5.41, 5.74) is 1.87. The molecule has 0 fully saturated rings. The molecule has 0 atom stereocenters. The van der Waals surface area contributed by atoms with E-state index in [-0.39, 0.29) is 5.91 Å². The van der Waals surface area contributed by atoms with Gasteiger partial charge >= 0.3 is 0 Å². The van der Waals surface area contributed by atoms with Crippen LogP contribution in [-0.4, -0.2) is 36.9 Å². The van der Waals surface area contributed by atoms with Crippen LogP contribution in [-0.2, 0) is 6.42 Å². The van der Waals surface area contributed by atoms with E-state index < -0.39 is 0 Å². The standard InChI is InChI=1S/C13H16ClNO2/c1-15-7-5-10-3-4-11(17-8-2-6-14)9-12(10)13(15)16/h3-4,9H,2,5-8H2,1H3. The Morgan fingerprint density at radius 3 is 3.06 bits per heavy atom. The first kappa shape index (κ1) is 12.2. The lowest BCUT2D eigenvalue weighted by atomic mass is 9.99. The Balaban J connectivity index is 2.15. The number of nitrogens with zero attached hydrogens (tertiary/aromatic N) is 1. The van der Waals surface area contributed by atoms with Crippen LogP contribution in [0.1, 0.15) is 22.3 Å². The average molecular weight is 254 g/mol. The summed E-state index contributed by atoms with van der Waals surface area (Å²) in [6.07, 6.45) is 1.73. The maximum absolute atomic E-state index is 11.9. The number of carbonyl (C=O) groups excluding carboxylic acids is 1. The molecule has 0 unspecified atom stereocenters. The second-order valence-corrected chi connectivity index (χ2v) is 4.56. The van der Waals surface area contributed by atoms with Gasteiger partial charge in [-0.05, 0) is 30.5 Å². The number of benzene rings is 1. The van der Waals surface area contributed by atoms with Crippen molar-refractivity contribution in [3.8, 4) is 5.75 Å². The fourth-order valence-electron chi connectivity index (χ4n) is 1.90. The van der Waals surface area contributed by atoms with E-state index in [2.05, 4.69) is 0 Å². The van der Waals surface area contributed by atoms with Crippen molar-refractivity contribution in [3.05, 3.63) is 29.3 Å². The molecule has 1 aromatic carbocycles. The van der Waals surface area contributed by atoms with Crippen LogP contribution in [0.4, 0.5) is 0 Å². The fourth-order valence-corrected chi connectivity index (χ4v) is 2.01. The van der Waals surface area contributed by atoms with Gasteiger partial charge in [0.1, 0.15) is 5.75 Å². The van der Waals surface area contributed by atoms with Gasteiger partial charge in [0.15, 0.2) is 0 Å². The highest BCUT2D eigenvalue weighted by molar-refractivity contribution is 6.17. The molecule has 0 N–H and O–H groups in total. The van der Waals surface area contributed by atoms with Gasteiger partial charge in [-0.25, -0.2) is 0 Å². The van der Waals surface area contributed by atoms with Crippen molar-refractivity contribution in [2.75, 3.05) is 26.1 Å². The van der Waals surface area contributed by atoms with Crippen molar-refractivity contribution in [2.45, 2.75) is 12.8 Å². The van der Waals surface area contributed by atoms with E-state index in [1.165, 1.54) is 0 Å². The molecule has 0 spiro atoms. The monoisotopic (exact) mass is 253 g/mol. The zero-order valence-corrected chi connectivity index (χ0v) is 10.7. The summed E-state index contributed by atoms with van der Waals surface area (Å²) < 4.78 is 5.54. The Morgan fingerprint density at radius 1 is 1.47 bits per heavy atom. The van der Waals surface area contributed by atoms with Gasteiger partial charge in [-0.15, -0.1) is 11.6 Å². The van der Waals surface area contributed by atoms with Crippen LogP contribution in [0.3, 0.4) is 0 Å². The molecule has 17 heavy (non-hydrogen) atoms. The maximum atomic E-state index is 11.9. The van der Waals surface area contributed by atoms with Gasteiger partial charge in [0.25, 0.3) is 5.91 Å². The first-order valence-electron chi connectivity index (χ1n) is 5.79. The number of alkyl halides is 1. The molecule has 1 aliphatic rings. The minimum Gasteiger partial charge on any atom is -0.494 e. The molecular weight excluding hydrogens is 238 g/mol. The van der Waals surface area contributed by atoms with Gasteiger partial charge in [-0.1, -0.05) is 6.07 Å². The Hall–Kier alpha value is -1.22. The molecule has 2 rings (SSSR count). The summed E-state index contributed by atoms with van der Waals surface area (Å²) in [5, 5.41) is 0. The maximum Gasteiger partial charge on any atom is 0.254 e. The van der Waals surface area contributed by atoms with E-state index in [0.717, 1.165) is 36.3 Å². The van der Waals surface area contributed by atoms with Crippen LogP contribution in [0.15, 0.2) is 18.2 Å². The highest BCUT2D eigenvalue weighted by atomic mass is 35.5. The van der Waals surface area contributed by atoms with E-state index in [1.54, 1.807) is 4.90 Å². The Kier molecular flexibility index (Phi) is 3.89. The molecule has 1 amide bonds. The summed E-state index contributed by atoms with van der Waals surface area (Å²) in [7, 11) is 1.83. The van der Waals surface area contributed by atoms with E-state index in [1.807, 2.05) is 25.2 Å². The first-order chi connectivity index (χ1) is 8.22. The highest BCUT2D eigenvalue weighted by Gasteiger charge is 2.21. The zero-order valence-electron chi connectivity index (χ0n) is 9.91. The number of ether oxygens (including phenoxy) is 1. The lowest BCUT2D eigenvalue weighted by molar-refractivity contribution is 0.0780. The Bertz CT molecular complexity index is 420. The van der Waals surface area contributed by atoms with Crippen LogP contribution in [0.5, 0.6) is 5.75 Å². The molecule has 0 saturated heterocycles. The molecule has 0 aliphatic carbocycles. The number of hydrogen-bond donors (Lipinski definition) is 0. The topological polar surface area (TPSA) is 29.5 Å². The summed E-state index contributed by atoms with van der Waals surface area (Å²) in [4.78, 5) is 13.7. The number of halogens is 1. The Labute approximate surface area is 106 Å². The number of hydrogen-bond acceptors (Lipinski definition) is 2. The molecule has 0 aromatic heterocycles. The number of rotatable bonds is 4. The Morgan fingerprint density at radius 2 is 2.29 bits per heavy atom. The second kappa shape index (κ2) is 5.41. The molecule has 0 radical (unpaired) electrons. The van der Waals surface area contributed by atoms with Crippen LogP contribution < -0.4 is 4.74 Å². The molecule has 0 saturated carbocycles. The van der Waals surface area contributed by atoms with Crippen molar-refractivity contribution in [2.24, 2.45) is 0 Å². The third-order valence-corrected chi connectivity index (χ3v) is 3.19. The molecule has 0 bridgehead atoms. The number of fused-ring (bicyclic) bond motifs is 1. The minimum absolute atomic E-state index is 0.0778. The summed E-state index contributed by atoms with van der Waals surface area (Å²) in [5.74, 6) is 1.42. The fraction of sp³-hybridized carbons (Fsp3) is 0.462. The average Bonchev–Trinajstić information content (AvgIpc) is 2.35. The SMILES string of the molecule is CN1CCc2ccc(OCCCCl)cc2C1=O. The summed E-state index contributed by atoms with van der Waals surface area (Å²) >= 11 is 5.58. The zero-order chi connectivity index (χ0) is 12.3. The molecule has 3 nitrogen and oxygen atoms in total. The van der Waals surface area contributed by atoms with Crippen molar-refractivity contribution in [1.82, 2.24) is 4.90 Å². The van der Waals surface area contributed by atoms with Crippen LogP contribution in [0.2, 0.25) is 0 Å². The van der Waals surface area contributed by atoms with Crippen molar-refractivity contribution < 1.29 is 9.53 Å². The predicted molar refractivity (Wildman–Crippen MR) is 67.9 cm³/mol. The van der Waals surface area contributed by atoms with Gasteiger partial charge in [0.2, 0.25) is 0 Å². The van der Waals surface area contributed by atoms with Crippen LogP contribution >= 0.6 is 11.6 Å². The quantitative estimate of drug-likeness (QED) is 0.609. The molecule has 1 aliphatic heterocycles. The van der Waals surface area contributed by atoms with Crippen molar-refractivity contribution in [1.29, 1.82) is 0 Å². The molecule has 92 valence electrons. The molecule has 1 heterocycles. The van der Waals surface area contributed by atoms with E-state index in [0.29, 0.717) is 12.5 Å². The first-order valence-corrected chi connectivity index (χ1v) is 6.33. The molecule has 4 heteroatoms.